The molecule has 0 radical (unpaired) electrons. The normalized spacial score (nSPS) is 13.0. The molecule has 0 aliphatic carbocycles. The number of likely N-dealkylation sites (N-methyl/N-ethyl adjacent to an activating group) is 1. The van der Waals surface area contributed by atoms with Crippen LogP contribution in [0, 0.1) is 23.7 Å². The van der Waals surface area contributed by atoms with Crippen LogP contribution in [0.25, 0.3) is 0 Å². The molecular weight excluding hydrogens is 718 g/mol. The highest BCUT2D eigenvalue weighted by Crippen LogP contribution is 2.43. The molecule has 9 nitrogen and oxygen atoms in total. The Kier molecular flexibility index (Phi) is 34.7. The number of carbonyl (C=O) groups is 2. The van der Waals surface area contributed by atoms with Crippen LogP contribution in [0.3, 0.4) is 0 Å². The number of phosphoric acid groups is 1. The van der Waals surface area contributed by atoms with Crippen LogP contribution in [0.5, 0.6) is 0 Å². The summed E-state index contributed by atoms with van der Waals surface area (Å²) in [4.78, 5) is 35.2. The molecule has 12 heteroatoms. The van der Waals surface area contributed by atoms with Gasteiger partial charge in [-0.15, -0.1) is 23.7 Å². The lowest BCUT2D eigenvalue weighted by Gasteiger charge is -2.24. The molecule has 302 valence electrons. The van der Waals surface area contributed by atoms with Crippen molar-refractivity contribution in [2.24, 2.45) is 0 Å². The predicted molar refractivity (Wildman–Crippen MR) is 219 cm³/mol. The van der Waals surface area contributed by atoms with Crippen molar-refractivity contribution < 1.29 is 42.1 Å². The lowest BCUT2D eigenvalue weighted by molar-refractivity contribution is -0.870. The summed E-state index contributed by atoms with van der Waals surface area (Å²) in [5.41, 5.74) is 0. The van der Waals surface area contributed by atoms with Crippen LogP contribution in [0.4, 0.5) is 0 Å². The van der Waals surface area contributed by atoms with Crippen molar-refractivity contribution in [2.75, 3.05) is 70.5 Å². The first-order valence-corrected chi connectivity index (χ1v) is 23.6. The highest BCUT2D eigenvalue weighted by molar-refractivity contribution is 8.00. The number of carbonyl (C=O) groups excluding carboxylic acids is 2. The SMILES string of the molecule is CCC#CCCCCCCCCCCSCC(=O)OC[C@H](COP(=O)(O)OCC[N+](C)(C)C)OC(=O)CSCCCCCCCCCCC#CCC. The Hall–Kier alpha value is -1.17. The minimum atomic E-state index is -4.38. The van der Waals surface area contributed by atoms with Gasteiger partial charge in [-0.05, 0) is 37.2 Å². The van der Waals surface area contributed by atoms with Crippen LogP contribution in [-0.4, -0.2) is 97.9 Å². The van der Waals surface area contributed by atoms with Gasteiger partial charge in [0, 0.05) is 25.7 Å². The number of rotatable bonds is 34. The van der Waals surface area contributed by atoms with E-state index in [1.807, 2.05) is 21.1 Å². The number of hydrogen-bond donors (Lipinski definition) is 1. The van der Waals surface area contributed by atoms with Crippen molar-refractivity contribution in [3.05, 3.63) is 0 Å². The molecule has 2 atom stereocenters. The Bertz CT molecular complexity index is 1060. The van der Waals surface area contributed by atoms with Crippen LogP contribution < -0.4 is 0 Å². The fraction of sp³-hybridized carbons (Fsp3) is 0.850. The van der Waals surface area contributed by atoms with E-state index in [-0.39, 0.29) is 24.7 Å². The molecule has 0 aliphatic heterocycles. The van der Waals surface area contributed by atoms with Crippen LogP contribution in [0.2, 0.25) is 0 Å². The van der Waals surface area contributed by atoms with Crippen LogP contribution in [-0.2, 0) is 32.7 Å². The zero-order valence-corrected chi connectivity index (χ0v) is 35.9. The molecule has 0 fully saturated rings. The van der Waals surface area contributed by atoms with Crippen molar-refractivity contribution in [2.45, 2.75) is 148 Å². The standard InChI is InChI=1S/C40H72NO8PS2/c1-6-8-10-12-14-16-18-20-22-24-26-28-32-51-36-39(42)46-34-38(35-48-50(44,45)47-31-30-41(3,4)5)49-40(43)37-52-33-29-27-25-23-21-19-17-15-13-11-9-7-2/h38H,6-7,12-37H2,1-5H3/p+1/t38-/m1/s1. The maximum absolute atomic E-state index is 12.6. The Morgan fingerprint density at radius 1 is 0.635 bits per heavy atom. The molecule has 0 rings (SSSR count). The fourth-order valence-corrected chi connectivity index (χ4v) is 7.23. The summed E-state index contributed by atoms with van der Waals surface area (Å²) in [6.45, 7) is 4.00. The third-order valence-corrected chi connectivity index (χ3v) is 10.9. The van der Waals surface area contributed by atoms with Gasteiger partial charge in [-0.2, -0.15) is 23.5 Å². The maximum Gasteiger partial charge on any atom is 0.472 e. The first kappa shape index (κ1) is 50.8. The zero-order chi connectivity index (χ0) is 38.6. The molecule has 52 heavy (non-hydrogen) atoms. The number of ether oxygens (including phenoxy) is 2. The zero-order valence-electron chi connectivity index (χ0n) is 33.4. The Labute approximate surface area is 326 Å². The van der Waals surface area contributed by atoms with E-state index in [0.29, 0.717) is 11.0 Å². The number of hydrogen-bond acceptors (Lipinski definition) is 9. The molecule has 0 bridgehead atoms. The molecule has 0 saturated heterocycles. The van der Waals surface area contributed by atoms with E-state index >= 15 is 0 Å². The largest absolute Gasteiger partial charge is 0.472 e. The van der Waals surface area contributed by atoms with Crippen LogP contribution >= 0.6 is 31.3 Å². The van der Waals surface area contributed by atoms with Gasteiger partial charge in [-0.1, -0.05) is 90.9 Å². The smallest absolute Gasteiger partial charge is 0.461 e. The second-order valence-electron chi connectivity index (χ2n) is 14.1. The molecule has 0 aromatic heterocycles. The second kappa shape index (κ2) is 35.5. The van der Waals surface area contributed by atoms with Gasteiger partial charge in [0.1, 0.15) is 19.8 Å². The van der Waals surface area contributed by atoms with Gasteiger partial charge in [-0.25, -0.2) is 4.57 Å². The van der Waals surface area contributed by atoms with Crippen molar-refractivity contribution in [3.63, 3.8) is 0 Å². The van der Waals surface area contributed by atoms with E-state index in [1.165, 1.54) is 101 Å². The minimum Gasteiger partial charge on any atom is -0.461 e. The molecule has 1 unspecified atom stereocenters. The number of unbranched alkanes of at least 4 members (excludes halogenated alkanes) is 16. The third-order valence-electron chi connectivity index (χ3n) is 7.89. The maximum atomic E-state index is 12.6. The quantitative estimate of drug-likeness (QED) is 0.0223. The van der Waals surface area contributed by atoms with Crippen LogP contribution in [0.1, 0.15) is 142 Å². The Morgan fingerprint density at radius 3 is 1.54 bits per heavy atom. The summed E-state index contributed by atoms with van der Waals surface area (Å²) in [5, 5.41) is 0. The molecule has 0 spiro atoms. The Balaban J connectivity index is 4.37. The van der Waals surface area contributed by atoms with Crippen molar-refractivity contribution in [3.8, 4) is 23.7 Å². The van der Waals surface area contributed by atoms with E-state index in [9.17, 15) is 19.0 Å². The van der Waals surface area contributed by atoms with Gasteiger partial charge in [0.05, 0.1) is 39.3 Å². The van der Waals surface area contributed by atoms with Gasteiger partial charge >= 0.3 is 19.8 Å². The molecule has 0 heterocycles. The molecular formula is C40H73NO8PS2+. The molecule has 0 amide bonds. The summed E-state index contributed by atoms with van der Waals surface area (Å²) in [7, 11) is 1.44. The number of nitrogens with zero attached hydrogens (tertiary/aromatic N) is 1. The van der Waals surface area contributed by atoms with Gasteiger partial charge in [0.15, 0.2) is 6.10 Å². The number of quaternary nitrogens is 1. The average Bonchev–Trinajstić information content (AvgIpc) is 3.09. The lowest BCUT2D eigenvalue weighted by atomic mass is 10.1. The number of esters is 2. The van der Waals surface area contributed by atoms with Crippen molar-refractivity contribution >= 4 is 43.3 Å². The molecule has 1 N–H and O–H groups in total. The van der Waals surface area contributed by atoms with E-state index in [4.69, 9.17) is 18.5 Å². The topological polar surface area (TPSA) is 108 Å². The summed E-state index contributed by atoms with van der Waals surface area (Å²) in [6.07, 6.45) is 22.0. The first-order chi connectivity index (χ1) is 25.0. The summed E-state index contributed by atoms with van der Waals surface area (Å²) in [5.74, 6) is 13.8. The van der Waals surface area contributed by atoms with Gasteiger partial charge < -0.3 is 18.9 Å². The highest BCUT2D eigenvalue weighted by atomic mass is 32.2. The third kappa shape index (κ3) is 38.6. The average molecular weight is 791 g/mol. The van der Waals surface area contributed by atoms with E-state index in [0.717, 1.165) is 62.9 Å². The van der Waals surface area contributed by atoms with E-state index in [1.54, 1.807) is 0 Å². The van der Waals surface area contributed by atoms with Gasteiger partial charge in [-0.3, -0.25) is 18.6 Å². The second-order valence-corrected chi connectivity index (χ2v) is 17.7. The highest BCUT2D eigenvalue weighted by Gasteiger charge is 2.27. The van der Waals surface area contributed by atoms with Crippen molar-refractivity contribution in [1.82, 2.24) is 0 Å². The molecule has 0 saturated carbocycles. The summed E-state index contributed by atoms with van der Waals surface area (Å²) in [6, 6.07) is 0. The van der Waals surface area contributed by atoms with Gasteiger partial charge in [0.25, 0.3) is 0 Å². The predicted octanol–water partition coefficient (Wildman–Crippen LogP) is 9.60. The van der Waals surface area contributed by atoms with Gasteiger partial charge in [0.2, 0.25) is 0 Å². The minimum absolute atomic E-state index is 0.0224. The summed E-state index contributed by atoms with van der Waals surface area (Å²) >= 11 is 3.02. The summed E-state index contributed by atoms with van der Waals surface area (Å²) < 4.78 is 34.1. The number of phosphoric ester groups is 1. The molecule has 0 aromatic rings. The molecule has 0 aromatic carbocycles. The van der Waals surface area contributed by atoms with E-state index in [2.05, 4.69) is 37.5 Å². The number of thioether (sulfide) groups is 2. The van der Waals surface area contributed by atoms with Crippen LogP contribution in [0.15, 0.2) is 0 Å². The first-order valence-electron chi connectivity index (χ1n) is 19.8. The lowest BCUT2D eigenvalue weighted by Crippen LogP contribution is -2.37. The molecule has 0 aliphatic rings. The van der Waals surface area contributed by atoms with Crippen molar-refractivity contribution in [1.29, 1.82) is 0 Å². The Morgan fingerprint density at radius 2 is 1.08 bits per heavy atom. The monoisotopic (exact) mass is 790 g/mol. The fourth-order valence-electron chi connectivity index (χ4n) is 4.90. The van der Waals surface area contributed by atoms with E-state index < -0.39 is 32.5 Å².